The van der Waals surface area contributed by atoms with Crippen molar-refractivity contribution in [2.24, 2.45) is 5.92 Å². The van der Waals surface area contributed by atoms with Crippen molar-refractivity contribution in [3.05, 3.63) is 59.7 Å². The molecule has 4 nitrogen and oxygen atoms in total. The van der Waals surface area contributed by atoms with Crippen molar-refractivity contribution in [1.82, 2.24) is 19.8 Å². The lowest BCUT2D eigenvalue weighted by Gasteiger charge is -2.36. The van der Waals surface area contributed by atoms with Gasteiger partial charge in [0, 0.05) is 57.4 Å². The van der Waals surface area contributed by atoms with Crippen LogP contribution in [0.25, 0.3) is 0 Å². The molecule has 25 heavy (non-hydrogen) atoms. The number of pyridine rings is 2. The minimum atomic E-state index is 0.656. The van der Waals surface area contributed by atoms with Crippen molar-refractivity contribution in [3.8, 4) is 0 Å². The number of nitrogens with zero attached hydrogens (tertiary/aromatic N) is 4. The van der Waals surface area contributed by atoms with Gasteiger partial charge >= 0.3 is 0 Å². The molecule has 2 aromatic rings. The lowest BCUT2D eigenvalue weighted by molar-refractivity contribution is 0.121. The van der Waals surface area contributed by atoms with Crippen LogP contribution < -0.4 is 0 Å². The van der Waals surface area contributed by atoms with Crippen molar-refractivity contribution in [3.63, 3.8) is 0 Å². The highest BCUT2D eigenvalue weighted by Gasteiger charge is 2.34. The molecule has 2 bridgehead atoms. The smallest absolute Gasteiger partial charge is 0.0544 e. The van der Waals surface area contributed by atoms with E-state index < -0.39 is 0 Å². The van der Waals surface area contributed by atoms with E-state index in [1.54, 1.807) is 0 Å². The molecule has 132 valence electrons. The van der Waals surface area contributed by atoms with Crippen LogP contribution in [0.15, 0.2) is 42.9 Å². The molecule has 2 aromatic heterocycles. The Balaban J connectivity index is 1.42. The van der Waals surface area contributed by atoms with Gasteiger partial charge < -0.3 is 0 Å². The van der Waals surface area contributed by atoms with Crippen LogP contribution >= 0.6 is 0 Å². The highest BCUT2D eigenvalue weighted by molar-refractivity contribution is 5.14. The summed E-state index contributed by atoms with van der Waals surface area (Å²) in [7, 11) is 0. The zero-order chi connectivity index (χ0) is 17.1. The van der Waals surface area contributed by atoms with Gasteiger partial charge in [-0.05, 0) is 48.4 Å². The highest BCUT2D eigenvalue weighted by Crippen LogP contribution is 2.29. The molecular formula is C21H28N4. The molecule has 2 atom stereocenters. The average molecular weight is 336 g/mol. The van der Waals surface area contributed by atoms with E-state index in [4.69, 9.17) is 0 Å². The molecule has 0 unspecified atom stereocenters. The fraction of sp³-hybridized carbons (Fsp3) is 0.524. The normalized spacial score (nSPS) is 24.4. The zero-order valence-electron chi connectivity index (χ0n) is 15.1. The van der Waals surface area contributed by atoms with Gasteiger partial charge in [0.15, 0.2) is 0 Å². The minimum absolute atomic E-state index is 0.656. The number of fused-ring (bicyclic) bond motifs is 4. The molecule has 4 heteroatoms. The summed E-state index contributed by atoms with van der Waals surface area (Å²) in [5, 5.41) is 0. The van der Waals surface area contributed by atoms with E-state index in [-0.39, 0.29) is 0 Å². The Bertz CT molecular complexity index is 670. The molecular weight excluding hydrogens is 308 g/mol. The number of aryl methyl sites for hydroxylation is 1. The summed E-state index contributed by atoms with van der Waals surface area (Å²) in [4.78, 5) is 14.3. The summed E-state index contributed by atoms with van der Waals surface area (Å²) in [6, 6.07) is 9.33. The first-order chi connectivity index (χ1) is 12.3. The minimum Gasteiger partial charge on any atom is -0.297 e. The summed E-state index contributed by atoms with van der Waals surface area (Å²) in [6.45, 7) is 7.79. The number of rotatable bonds is 5. The van der Waals surface area contributed by atoms with Gasteiger partial charge in [-0.3, -0.25) is 19.8 Å². The maximum atomic E-state index is 4.68. The van der Waals surface area contributed by atoms with Gasteiger partial charge in [0.1, 0.15) is 0 Å². The molecule has 3 aliphatic rings. The predicted molar refractivity (Wildman–Crippen MR) is 100 cm³/mol. The van der Waals surface area contributed by atoms with Gasteiger partial charge in [0.05, 0.1) is 5.69 Å². The van der Waals surface area contributed by atoms with Crippen molar-refractivity contribution in [2.75, 3.05) is 19.6 Å². The van der Waals surface area contributed by atoms with Crippen LogP contribution in [0.4, 0.5) is 0 Å². The Morgan fingerprint density at radius 2 is 1.96 bits per heavy atom. The second kappa shape index (κ2) is 7.63. The van der Waals surface area contributed by atoms with E-state index in [9.17, 15) is 0 Å². The molecule has 0 aromatic carbocycles. The van der Waals surface area contributed by atoms with Crippen molar-refractivity contribution in [2.45, 2.75) is 45.3 Å². The summed E-state index contributed by atoms with van der Waals surface area (Å²) >= 11 is 0. The number of hydrogen-bond acceptors (Lipinski definition) is 4. The van der Waals surface area contributed by atoms with Crippen LogP contribution in [0.5, 0.6) is 0 Å². The molecule has 3 saturated heterocycles. The van der Waals surface area contributed by atoms with Crippen LogP contribution in [-0.2, 0) is 19.5 Å². The first-order valence-electron chi connectivity index (χ1n) is 9.59. The Kier molecular flexibility index (Phi) is 5.09. The maximum Gasteiger partial charge on any atom is 0.0544 e. The highest BCUT2D eigenvalue weighted by atomic mass is 15.3. The van der Waals surface area contributed by atoms with E-state index in [1.165, 1.54) is 49.3 Å². The molecule has 3 aliphatic heterocycles. The molecule has 0 spiro atoms. The molecule has 3 fully saturated rings. The van der Waals surface area contributed by atoms with Gasteiger partial charge in [-0.15, -0.1) is 0 Å². The maximum absolute atomic E-state index is 4.68. The summed E-state index contributed by atoms with van der Waals surface area (Å²) in [6.07, 6.45) is 9.65. The van der Waals surface area contributed by atoms with E-state index in [1.807, 2.05) is 24.7 Å². The SMILES string of the molecule is CCc1ccc(CN2C[C@H]3CC[C@@H]2CN(Cc2cccnc2)C3)nc1. The largest absolute Gasteiger partial charge is 0.297 e. The quantitative estimate of drug-likeness (QED) is 0.840. The number of piperidine rings is 1. The van der Waals surface area contributed by atoms with Crippen molar-refractivity contribution >= 4 is 0 Å². The van der Waals surface area contributed by atoms with Crippen LogP contribution in [0.1, 0.15) is 36.6 Å². The van der Waals surface area contributed by atoms with E-state index in [2.05, 4.69) is 44.9 Å². The Morgan fingerprint density at radius 1 is 1.00 bits per heavy atom. The van der Waals surface area contributed by atoms with Gasteiger partial charge in [0.25, 0.3) is 0 Å². The third kappa shape index (κ3) is 4.07. The van der Waals surface area contributed by atoms with Gasteiger partial charge in [-0.1, -0.05) is 19.1 Å². The van der Waals surface area contributed by atoms with Crippen LogP contribution in [0.2, 0.25) is 0 Å². The third-order valence-electron chi connectivity index (χ3n) is 5.69. The topological polar surface area (TPSA) is 32.3 Å². The van der Waals surface area contributed by atoms with Gasteiger partial charge in [-0.25, -0.2) is 0 Å². The van der Waals surface area contributed by atoms with Crippen LogP contribution in [0, 0.1) is 5.92 Å². The first-order valence-corrected chi connectivity index (χ1v) is 9.59. The molecule has 0 saturated carbocycles. The average Bonchev–Trinajstić information content (AvgIpc) is 2.94. The molecule has 0 N–H and O–H groups in total. The van der Waals surface area contributed by atoms with E-state index in [0.29, 0.717) is 6.04 Å². The predicted octanol–water partition coefficient (Wildman–Crippen LogP) is 3.14. The van der Waals surface area contributed by atoms with Gasteiger partial charge in [-0.2, -0.15) is 0 Å². The van der Waals surface area contributed by atoms with Crippen molar-refractivity contribution < 1.29 is 0 Å². The number of aromatic nitrogens is 2. The monoisotopic (exact) mass is 336 g/mol. The summed E-state index contributed by atoms with van der Waals surface area (Å²) in [5.74, 6) is 0.783. The third-order valence-corrected chi connectivity index (χ3v) is 5.69. The Hall–Kier alpha value is -1.78. The summed E-state index contributed by atoms with van der Waals surface area (Å²) < 4.78 is 0. The summed E-state index contributed by atoms with van der Waals surface area (Å²) in [5.41, 5.74) is 3.86. The molecule has 0 radical (unpaired) electrons. The molecule has 5 rings (SSSR count). The van der Waals surface area contributed by atoms with Crippen LogP contribution in [0.3, 0.4) is 0 Å². The standard InChI is InChI=1S/C21H28N4/c1-2-17-5-7-20(23-11-17)15-25-14-19-6-8-21(25)16-24(13-19)12-18-4-3-9-22-10-18/h3-5,7,9-11,19,21H,2,6,8,12-16H2,1H3/t19-,21+/m0/s1. The van der Waals surface area contributed by atoms with Crippen molar-refractivity contribution in [1.29, 1.82) is 0 Å². The lowest BCUT2D eigenvalue weighted by Crippen LogP contribution is -2.43. The molecule has 5 heterocycles. The fourth-order valence-corrected chi connectivity index (χ4v) is 4.31. The van der Waals surface area contributed by atoms with Crippen LogP contribution in [-0.4, -0.2) is 45.4 Å². The first kappa shape index (κ1) is 16.7. The van der Waals surface area contributed by atoms with Gasteiger partial charge in [0.2, 0.25) is 0 Å². The van der Waals surface area contributed by atoms with E-state index >= 15 is 0 Å². The lowest BCUT2D eigenvalue weighted by atomic mass is 9.95. The second-order valence-corrected chi connectivity index (χ2v) is 7.59. The number of hydrogen-bond donors (Lipinski definition) is 0. The molecule has 0 aliphatic carbocycles. The zero-order valence-corrected chi connectivity index (χ0v) is 15.1. The second-order valence-electron chi connectivity index (χ2n) is 7.59. The van der Waals surface area contributed by atoms with E-state index in [0.717, 1.165) is 25.4 Å². The Morgan fingerprint density at radius 3 is 2.72 bits per heavy atom. The Labute approximate surface area is 150 Å². The molecule has 0 amide bonds. The fourth-order valence-electron chi connectivity index (χ4n) is 4.31.